The van der Waals surface area contributed by atoms with E-state index in [4.69, 9.17) is 4.74 Å². The number of cyclic esters (lactones) is 1. The minimum Gasteiger partial charge on any atom is -0.464 e. The second-order valence-corrected chi connectivity index (χ2v) is 5.82. The average molecular weight is 340 g/mol. The summed E-state index contributed by atoms with van der Waals surface area (Å²) in [6, 6.07) is -0.585. The number of ether oxygens (including phenoxy) is 1. The molecule has 23 heavy (non-hydrogen) atoms. The summed E-state index contributed by atoms with van der Waals surface area (Å²) in [7, 11) is 0. The summed E-state index contributed by atoms with van der Waals surface area (Å²) in [5.74, 6) is -0.885. The van der Waals surface area contributed by atoms with Gasteiger partial charge in [-0.05, 0) is 25.1 Å². The van der Waals surface area contributed by atoms with E-state index in [1.807, 2.05) is 0 Å². The lowest BCUT2D eigenvalue weighted by atomic mass is 10.1. The molecule has 0 aromatic heterocycles. The van der Waals surface area contributed by atoms with E-state index in [9.17, 15) is 14.4 Å². The van der Waals surface area contributed by atoms with Crippen LogP contribution in [0.5, 0.6) is 0 Å². The molecular formula is C16H24N2O4S. The summed E-state index contributed by atoms with van der Waals surface area (Å²) < 4.78 is 4.75. The van der Waals surface area contributed by atoms with Crippen molar-refractivity contribution >= 4 is 35.0 Å². The van der Waals surface area contributed by atoms with E-state index in [2.05, 4.69) is 27.7 Å². The molecule has 0 aromatic carbocycles. The molecule has 1 heterocycles. The lowest BCUT2D eigenvalue weighted by molar-refractivity contribution is -0.142. The van der Waals surface area contributed by atoms with Crippen LogP contribution in [0.3, 0.4) is 0 Å². The van der Waals surface area contributed by atoms with Crippen LogP contribution in [0.4, 0.5) is 0 Å². The van der Waals surface area contributed by atoms with Gasteiger partial charge in [-0.3, -0.25) is 9.59 Å². The number of thiocarbonyl (C=S) groups is 1. The van der Waals surface area contributed by atoms with Gasteiger partial charge in [0.15, 0.2) is 0 Å². The third kappa shape index (κ3) is 9.21. The number of hydrogen-bond donors (Lipinski definition) is 1. The highest BCUT2D eigenvalue weighted by Gasteiger charge is 2.28. The number of esters is 1. The highest BCUT2D eigenvalue weighted by Crippen LogP contribution is 2.09. The van der Waals surface area contributed by atoms with Gasteiger partial charge < -0.3 is 10.1 Å². The monoisotopic (exact) mass is 340 g/mol. The molecule has 0 radical (unpaired) electrons. The molecule has 1 aliphatic rings. The SMILES string of the molecule is O=C(CCCCCCCCN=C=S)CC(=O)N[C@H]1CCOC1=O. The molecule has 0 unspecified atom stereocenters. The lowest BCUT2D eigenvalue weighted by Gasteiger charge is -2.08. The molecule has 6 nitrogen and oxygen atoms in total. The van der Waals surface area contributed by atoms with Crippen LogP contribution in [0.2, 0.25) is 0 Å². The number of unbranched alkanes of at least 4 members (excludes halogenated alkanes) is 5. The Kier molecular flexibility index (Phi) is 10.1. The fourth-order valence-corrected chi connectivity index (χ4v) is 2.50. The number of rotatable bonds is 12. The van der Waals surface area contributed by atoms with Crippen LogP contribution in [-0.2, 0) is 19.1 Å². The normalized spacial score (nSPS) is 16.5. The molecule has 1 N–H and O–H groups in total. The van der Waals surface area contributed by atoms with Crippen LogP contribution >= 0.6 is 12.2 Å². The first-order chi connectivity index (χ1) is 11.1. The highest BCUT2D eigenvalue weighted by atomic mass is 32.1. The number of ketones is 1. The minimum absolute atomic E-state index is 0.0795. The minimum atomic E-state index is -0.585. The molecule has 0 saturated carbocycles. The Bertz CT molecular complexity index is 461. The Morgan fingerprint density at radius 3 is 2.57 bits per heavy atom. The molecule has 1 aliphatic heterocycles. The van der Waals surface area contributed by atoms with E-state index in [0.717, 1.165) is 45.1 Å². The maximum Gasteiger partial charge on any atom is 0.328 e. The van der Waals surface area contributed by atoms with Crippen molar-refractivity contribution in [1.29, 1.82) is 0 Å². The first-order valence-electron chi connectivity index (χ1n) is 8.15. The maximum atomic E-state index is 11.7. The number of isothiocyanates is 1. The van der Waals surface area contributed by atoms with Gasteiger partial charge in [0.05, 0.1) is 18.2 Å². The smallest absolute Gasteiger partial charge is 0.328 e. The van der Waals surface area contributed by atoms with E-state index >= 15 is 0 Å². The average Bonchev–Trinajstić information content (AvgIpc) is 2.90. The zero-order valence-corrected chi connectivity index (χ0v) is 14.2. The quantitative estimate of drug-likeness (QED) is 0.194. The molecule has 1 rings (SSSR count). The standard InChI is InChI=1S/C16H24N2O4S/c19-13(7-5-3-1-2-4-6-9-17-12-23)11-15(20)18-14-8-10-22-16(14)21/h14H,1-11H2,(H,18,20)/t14-/m0/s1. The van der Waals surface area contributed by atoms with Gasteiger partial charge in [-0.15, -0.1) is 0 Å². The Labute approximate surface area is 142 Å². The van der Waals surface area contributed by atoms with E-state index < -0.39 is 17.9 Å². The first-order valence-corrected chi connectivity index (χ1v) is 8.55. The molecule has 1 atom stereocenters. The highest BCUT2D eigenvalue weighted by molar-refractivity contribution is 7.78. The Morgan fingerprint density at radius 2 is 1.91 bits per heavy atom. The molecule has 1 fully saturated rings. The Hall–Kier alpha value is -1.59. The van der Waals surface area contributed by atoms with E-state index in [1.54, 1.807) is 0 Å². The van der Waals surface area contributed by atoms with Crippen LogP contribution < -0.4 is 5.32 Å². The van der Waals surface area contributed by atoms with Crippen molar-refractivity contribution < 1.29 is 19.1 Å². The Morgan fingerprint density at radius 1 is 1.22 bits per heavy atom. The zero-order chi connectivity index (χ0) is 16.9. The van der Waals surface area contributed by atoms with Crippen molar-refractivity contribution in [3.8, 4) is 0 Å². The van der Waals surface area contributed by atoms with E-state index in [0.29, 0.717) is 19.4 Å². The summed E-state index contributed by atoms with van der Waals surface area (Å²) in [6.07, 6.45) is 6.85. The molecule has 1 amide bonds. The number of nitrogens with zero attached hydrogens (tertiary/aromatic N) is 1. The number of carbonyl (C=O) groups is 3. The van der Waals surface area contributed by atoms with Crippen molar-refractivity contribution in [2.24, 2.45) is 4.99 Å². The van der Waals surface area contributed by atoms with Crippen molar-refractivity contribution in [2.75, 3.05) is 13.2 Å². The van der Waals surface area contributed by atoms with Gasteiger partial charge >= 0.3 is 5.97 Å². The van der Waals surface area contributed by atoms with Gasteiger partial charge in [0.2, 0.25) is 5.91 Å². The summed E-state index contributed by atoms with van der Waals surface area (Å²) >= 11 is 4.49. The predicted molar refractivity (Wildman–Crippen MR) is 89.3 cm³/mol. The second-order valence-electron chi connectivity index (χ2n) is 5.64. The Balaban J connectivity index is 1.98. The van der Waals surface area contributed by atoms with Crippen LogP contribution in [0.1, 0.15) is 57.8 Å². The number of aliphatic imine (C=N–C) groups is 1. The third-order valence-corrected chi connectivity index (χ3v) is 3.80. The second kappa shape index (κ2) is 11.9. The number of hydrogen-bond acceptors (Lipinski definition) is 6. The fraction of sp³-hybridized carbons (Fsp3) is 0.750. The molecule has 0 aromatic rings. The predicted octanol–water partition coefficient (Wildman–Crippen LogP) is 2.21. The fourth-order valence-electron chi connectivity index (χ4n) is 2.41. The number of carbonyl (C=O) groups excluding carboxylic acids is 3. The van der Waals surface area contributed by atoms with Crippen LogP contribution in [0.15, 0.2) is 4.99 Å². The molecule has 0 aliphatic carbocycles. The molecule has 128 valence electrons. The van der Waals surface area contributed by atoms with Crippen molar-refractivity contribution in [2.45, 2.75) is 63.8 Å². The largest absolute Gasteiger partial charge is 0.464 e. The van der Waals surface area contributed by atoms with Gasteiger partial charge in [-0.2, -0.15) is 0 Å². The molecule has 7 heteroatoms. The van der Waals surface area contributed by atoms with Gasteiger partial charge in [0.25, 0.3) is 0 Å². The summed E-state index contributed by atoms with van der Waals surface area (Å²) in [4.78, 5) is 38.4. The van der Waals surface area contributed by atoms with Crippen molar-refractivity contribution in [3.63, 3.8) is 0 Å². The van der Waals surface area contributed by atoms with E-state index in [1.165, 1.54) is 0 Å². The van der Waals surface area contributed by atoms with E-state index in [-0.39, 0.29) is 12.2 Å². The van der Waals surface area contributed by atoms with Crippen molar-refractivity contribution in [1.82, 2.24) is 5.32 Å². The number of Topliss-reactive ketones (excluding diaryl/α,β-unsaturated/α-hetero) is 1. The summed E-state index contributed by atoms with van der Waals surface area (Å²) in [6.45, 7) is 1.07. The summed E-state index contributed by atoms with van der Waals surface area (Å²) in [5.41, 5.74) is 0. The first kappa shape index (κ1) is 19.5. The maximum absolute atomic E-state index is 11.7. The number of nitrogens with one attached hydrogen (secondary N) is 1. The van der Waals surface area contributed by atoms with Crippen LogP contribution in [-0.4, -0.2) is 42.0 Å². The van der Waals surface area contributed by atoms with Crippen LogP contribution in [0, 0.1) is 0 Å². The zero-order valence-electron chi connectivity index (χ0n) is 13.3. The van der Waals surface area contributed by atoms with Gasteiger partial charge in [0, 0.05) is 19.4 Å². The van der Waals surface area contributed by atoms with Gasteiger partial charge in [-0.1, -0.05) is 25.7 Å². The number of amides is 1. The lowest BCUT2D eigenvalue weighted by Crippen LogP contribution is -2.38. The third-order valence-electron chi connectivity index (χ3n) is 3.67. The molecular weight excluding hydrogens is 316 g/mol. The van der Waals surface area contributed by atoms with Crippen LogP contribution in [0.25, 0.3) is 0 Å². The summed E-state index contributed by atoms with van der Waals surface area (Å²) in [5, 5.41) is 4.88. The molecule has 1 saturated heterocycles. The molecule has 0 bridgehead atoms. The van der Waals surface area contributed by atoms with Crippen molar-refractivity contribution in [3.05, 3.63) is 0 Å². The molecule has 0 spiro atoms. The van der Waals surface area contributed by atoms with Gasteiger partial charge in [0.1, 0.15) is 11.8 Å². The van der Waals surface area contributed by atoms with Gasteiger partial charge in [-0.25, -0.2) is 9.79 Å². The topological polar surface area (TPSA) is 84.8 Å².